The van der Waals surface area contributed by atoms with Gasteiger partial charge < -0.3 is 9.64 Å². The predicted octanol–water partition coefficient (Wildman–Crippen LogP) is 3.07. The molecule has 2 heterocycles. The minimum Gasteiger partial charge on any atom is -0.488 e. The summed E-state index contributed by atoms with van der Waals surface area (Å²) in [6, 6.07) is 13.2. The molecule has 0 radical (unpaired) electrons. The molecule has 0 saturated carbocycles. The number of aromatic nitrogens is 1. The molecule has 1 aromatic heterocycles. The van der Waals surface area contributed by atoms with Crippen LogP contribution in [0.3, 0.4) is 0 Å². The van der Waals surface area contributed by atoms with Gasteiger partial charge in [0.2, 0.25) is 0 Å². The van der Waals surface area contributed by atoms with E-state index in [1.807, 2.05) is 6.07 Å². The number of anilines is 1. The zero-order valence-corrected chi connectivity index (χ0v) is 17.0. The van der Waals surface area contributed by atoms with E-state index < -0.39 is 0 Å². The number of nitrogens with zero attached hydrogens (tertiary/aromatic N) is 1. The molecular formula is C22H23FN3O2S+. The highest BCUT2D eigenvalue weighted by molar-refractivity contribution is 7.15. The lowest BCUT2D eigenvalue weighted by Gasteiger charge is -2.20. The summed E-state index contributed by atoms with van der Waals surface area (Å²) in [5.74, 6) is -0.0499. The van der Waals surface area contributed by atoms with Crippen molar-refractivity contribution in [3.63, 3.8) is 0 Å². The number of quaternary nitrogens is 1. The van der Waals surface area contributed by atoms with Crippen LogP contribution in [0.1, 0.15) is 33.4 Å². The molecule has 0 spiro atoms. The summed E-state index contributed by atoms with van der Waals surface area (Å²) in [5, 5.41) is 3.55. The van der Waals surface area contributed by atoms with Gasteiger partial charge in [-0.2, -0.15) is 0 Å². The second kappa shape index (κ2) is 8.71. The molecule has 1 atom stereocenters. The monoisotopic (exact) mass is 412 g/mol. The molecule has 0 fully saturated rings. The number of ether oxygens (including phenoxy) is 1. The maximum absolute atomic E-state index is 13.1. The van der Waals surface area contributed by atoms with Crippen LogP contribution < -0.4 is 15.0 Å². The molecule has 1 aliphatic rings. The smallest absolute Gasteiger partial charge is 0.261 e. The fourth-order valence-corrected chi connectivity index (χ4v) is 4.44. The molecule has 0 saturated heterocycles. The third-order valence-corrected chi connectivity index (χ3v) is 6.08. The van der Waals surface area contributed by atoms with E-state index in [2.05, 4.69) is 17.2 Å². The van der Waals surface area contributed by atoms with E-state index in [9.17, 15) is 9.18 Å². The molecule has 3 aromatic rings. The van der Waals surface area contributed by atoms with Gasteiger partial charge in [-0.3, -0.25) is 10.1 Å². The van der Waals surface area contributed by atoms with Crippen molar-refractivity contribution in [1.29, 1.82) is 0 Å². The van der Waals surface area contributed by atoms with Crippen molar-refractivity contribution in [3.8, 4) is 5.75 Å². The Hall–Kier alpha value is -2.77. The quantitative estimate of drug-likeness (QED) is 0.654. The van der Waals surface area contributed by atoms with E-state index >= 15 is 0 Å². The first kappa shape index (κ1) is 19.5. The van der Waals surface area contributed by atoms with Crippen LogP contribution >= 0.6 is 11.3 Å². The molecule has 29 heavy (non-hydrogen) atoms. The average molecular weight is 413 g/mol. The van der Waals surface area contributed by atoms with Crippen LogP contribution in [-0.2, 0) is 19.6 Å². The van der Waals surface area contributed by atoms with Gasteiger partial charge in [0.05, 0.1) is 29.2 Å². The second-order valence-corrected chi connectivity index (χ2v) is 8.12. The van der Waals surface area contributed by atoms with Crippen LogP contribution in [0.2, 0.25) is 0 Å². The number of thiazole rings is 1. The fraction of sp³-hybridized carbons (Fsp3) is 0.273. The van der Waals surface area contributed by atoms with Crippen LogP contribution in [0.25, 0.3) is 0 Å². The van der Waals surface area contributed by atoms with Crippen LogP contribution in [0.5, 0.6) is 5.75 Å². The predicted molar refractivity (Wildman–Crippen MR) is 111 cm³/mol. The average Bonchev–Trinajstić information content (AvgIpc) is 3.14. The van der Waals surface area contributed by atoms with Crippen molar-refractivity contribution in [2.75, 3.05) is 18.4 Å². The van der Waals surface area contributed by atoms with Gasteiger partial charge in [-0.15, -0.1) is 0 Å². The summed E-state index contributed by atoms with van der Waals surface area (Å²) in [5.41, 5.74) is 2.38. The summed E-state index contributed by atoms with van der Waals surface area (Å²) in [4.78, 5) is 20.3. The summed E-state index contributed by atoms with van der Waals surface area (Å²) < 4.78 is 18.9. The zero-order chi connectivity index (χ0) is 20.2. The molecule has 1 aliphatic heterocycles. The van der Waals surface area contributed by atoms with E-state index in [4.69, 9.17) is 4.74 Å². The summed E-state index contributed by atoms with van der Waals surface area (Å²) >= 11 is 1.55. The highest BCUT2D eigenvalue weighted by Gasteiger charge is 2.23. The number of hydrogen-bond acceptors (Lipinski definition) is 4. The molecular weight excluding hydrogens is 389 g/mol. The van der Waals surface area contributed by atoms with Gasteiger partial charge in [-0.25, -0.2) is 9.37 Å². The van der Waals surface area contributed by atoms with Crippen molar-refractivity contribution in [2.45, 2.75) is 26.5 Å². The third kappa shape index (κ3) is 4.63. The minimum absolute atomic E-state index is 0.245. The van der Waals surface area contributed by atoms with Crippen molar-refractivity contribution in [2.24, 2.45) is 0 Å². The van der Waals surface area contributed by atoms with Crippen LogP contribution in [0.4, 0.5) is 9.52 Å². The van der Waals surface area contributed by atoms with Crippen molar-refractivity contribution in [3.05, 3.63) is 76.0 Å². The van der Waals surface area contributed by atoms with Gasteiger partial charge in [0, 0.05) is 6.42 Å². The molecule has 7 heteroatoms. The first-order valence-electron chi connectivity index (χ1n) is 9.72. The summed E-state index contributed by atoms with van der Waals surface area (Å²) in [6.45, 7) is 5.59. The van der Waals surface area contributed by atoms with Crippen molar-refractivity contribution in [1.82, 2.24) is 4.98 Å². The molecule has 4 rings (SSSR count). The molecule has 150 valence electrons. The third-order valence-electron chi connectivity index (χ3n) is 5.06. The SMILES string of the molecule is CC[NH+]1CCc2nc(NC(=O)c3ccccc3OCc3ccc(F)cc3)sc2C1. The van der Waals surface area contributed by atoms with E-state index in [1.54, 1.807) is 46.6 Å². The Morgan fingerprint density at radius 1 is 1.24 bits per heavy atom. The number of nitrogens with one attached hydrogen (secondary N) is 2. The Morgan fingerprint density at radius 3 is 2.83 bits per heavy atom. The largest absolute Gasteiger partial charge is 0.488 e. The molecule has 2 aromatic carbocycles. The zero-order valence-electron chi connectivity index (χ0n) is 16.2. The number of carbonyl (C=O) groups excluding carboxylic acids is 1. The maximum Gasteiger partial charge on any atom is 0.261 e. The molecule has 1 amide bonds. The number of likely N-dealkylation sites (N-methyl/N-ethyl adjacent to an activating group) is 1. The number of fused-ring (bicyclic) bond motifs is 1. The number of para-hydroxylation sites is 1. The van der Waals surface area contributed by atoms with E-state index in [0.29, 0.717) is 16.4 Å². The molecule has 1 unspecified atom stereocenters. The minimum atomic E-state index is -0.289. The Labute approximate surface area is 173 Å². The fourth-order valence-electron chi connectivity index (χ4n) is 3.37. The Bertz CT molecular complexity index is 1000. The molecule has 0 bridgehead atoms. The number of halogens is 1. The maximum atomic E-state index is 13.1. The van der Waals surface area contributed by atoms with Gasteiger partial charge >= 0.3 is 0 Å². The lowest BCUT2D eigenvalue weighted by molar-refractivity contribution is -0.913. The Balaban J connectivity index is 1.45. The van der Waals surface area contributed by atoms with Crippen molar-refractivity contribution >= 4 is 22.4 Å². The first-order chi connectivity index (χ1) is 14.1. The lowest BCUT2D eigenvalue weighted by atomic mass is 10.2. The van der Waals surface area contributed by atoms with Gasteiger partial charge in [0.1, 0.15) is 24.7 Å². The summed E-state index contributed by atoms with van der Waals surface area (Å²) in [7, 11) is 0. The second-order valence-electron chi connectivity index (χ2n) is 7.03. The van der Waals surface area contributed by atoms with Gasteiger partial charge in [-0.05, 0) is 36.8 Å². The number of amides is 1. The van der Waals surface area contributed by atoms with Gasteiger partial charge in [0.15, 0.2) is 5.13 Å². The van der Waals surface area contributed by atoms with Crippen LogP contribution in [0, 0.1) is 5.82 Å². The topological polar surface area (TPSA) is 55.7 Å². The van der Waals surface area contributed by atoms with E-state index in [1.165, 1.54) is 17.0 Å². The normalized spacial score (nSPS) is 15.6. The van der Waals surface area contributed by atoms with E-state index in [-0.39, 0.29) is 18.3 Å². The molecule has 0 aliphatic carbocycles. The Morgan fingerprint density at radius 2 is 2.03 bits per heavy atom. The van der Waals surface area contributed by atoms with E-state index in [0.717, 1.165) is 37.3 Å². The highest BCUT2D eigenvalue weighted by Crippen LogP contribution is 2.26. The summed E-state index contributed by atoms with van der Waals surface area (Å²) in [6.07, 6.45) is 0.947. The highest BCUT2D eigenvalue weighted by atomic mass is 32.1. The number of hydrogen-bond donors (Lipinski definition) is 2. The Kier molecular flexibility index (Phi) is 5.87. The first-order valence-corrected chi connectivity index (χ1v) is 10.5. The lowest BCUT2D eigenvalue weighted by Crippen LogP contribution is -3.11. The molecule has 2 N–H and O–H groups in total. The number of benzene rings is 2. The number of carbonyl (C=O) groups is 1. The van der Waals surface area contributed by atoms with Gasteiger partial charge in [0.25, 0.3) is 5.91 Å². The standard InChI is InChI=1S/C22H22FN3O2S/c1-2-26-12-11-18-20(13-26)29-22(24-18)25-21(27)17-5-3-4-6-19(17)28-14-15-7-9-16(23)10-8-15/h3-10H,2,11-14H2,1H3,(H,24,25,27)/p+1. The van der Waals surface area contributed by atoms with Gasteiger partial charge in [-0.1, -0.05) is 35.6 Å². The van der Waals surface area contributed by atoms with Crippen LogP contribution in [0.15, 0.2) is 48.5 Å². The van der Waals surface area contributed by atoms with Crippen LogP contribution in [-0.4, -0.2) is 24.0 Å². The molecule has 5 nitrogen and oxygen atoms in total. The number of rotatable bonds is 6. The van der Waals surface area contributed by atoms with Crippen molar-refractivity contribution < 1.29 is 18.8 Å².